The van der Waals surface area contributed by atoms with E-state index < -0.39 is 22.0 Å². The van der Waals surface area contributed by atoms with Gasteiger partial charge in [0.2, 0.25) is 0 Å². The van der Waals surface area contributed by atoms with Crippen LogP contribution in [0.15, 0.2) is 83.0 Å². The van der Waals surface area contributed by atoms with Crippen LogP contribution in [0.4, 0.5) is 11.4 Å². The number of benzene rings is 3. The molecule has 0 bridgehead atoms. The molecule has 14 nitrogen and oxygen atoms in total. The molecule has 3 aromatic carbocycles. The number of amides is 1. The van der Waals surface area contributed by atoms with E-state index in [1.165, 1.54) is 42.9 Å². The van der Waals surface area contributed by atoms with Gasteiger partial charge in [0.25, 0.3) is 15.9 Å². The fraction of sp³-hybridized carbons (Fsp3) is 0.469. The van der Waals surface area contributed by atoms with Crippen LogP contribution in [0.1, 0.15) is 97.1 Å². The summed E-state index contributed by atoms with van der Waals surface area (Å²) in [6, 6.07) is 19.6. The lowest BCUT2D eigenvalue weighted by atomic mass is 9.59. The third kappa shape index (κ3) is 8.50. The summed E-state index contributed by atoms with van der Waals surface area (Å²) < 4.78 is 53.8. The Hall–Kier alpha value is -5.35. The number of anilines is 1. The average molecular weight is 889 g/mol. The Labute approximate surface area is 374 Å². The number of pyridine rings is 1. The fourth-order valence-electron chi connectivity index (χ4n) is 10.8. The fourth-order valence-corrected chi connectivity index (χ4v) is 11.8. The van der Waals surface area contributed by atoms with E-state index in [1.54, 1.807) is 12.3 Å². The summed E-state index contributed by atoms with van der Waals surface area (Å²) in [7, 11) is -4.53. The summed E-state index contributed by atoms with van der Waals surface area (Å²) in [6.07, 6.45) is 13.0. The van der Waals surface area contributed by atoms with E-state index >= 15 is 0 Å². The van der Waals surface area contributed by atoms with Gasteiger partial charge in [0.15, 0.2) is 17.2 Å². The maximum Gasteiger partial charge on any atom is 0.268 e. The van der Waals surface area contributed by atoms with E-state index in [1.807, 2.05) is 30.4 Å². The van der Waals surface area contributed by atoms with Crippen molar-refractivity contribution in [2.45, 2.75) is 87.8 Å². The van der Waals surface area contributed by atoms with E-state index in [0.717, 1.165) is 75.0 Å². The number of rotatable bonds is 12. The zero-order valence-corrected chi connectivity index (χ0v) is 37.4. The second kappa shape index (κ2) is 17.6. The lowest BCUT2D eigenvalue weighted by Crippen LogP contribution is -2.54. The highest BCUT2D eigenvalue weighted by atomic mass is 32.2. The lowest BCUT2D eigenvalue weighted by molar-refractivity contribution is -0.0227. The Morgan fingerprint density at radius 3 is 2.62 bits per heavy atom. The van der Waals surface area contributed by atoms with Crippen molar-refractivity contribution in [1.29, 1.82) is 0 Å². The zero-order chi connectivity index (χ0) is 44.0. The van der Waals surface area contributed by atoms with Crippen LogP contribution < -0.4 is 23.8 Å². The average Bonchev–Trinajstić information content (AvgIpc) is 3.98. The second-order valence-electron chi connectivity index (χ2n) is 18.6. The number of sulfonamides is 1. The number of hydrogen-bond donors (Lipinski definition) is 1. The molecule has 1 amide bonds. The summed E-state index contributed by atoms with van der Waals surface area (Å²) in [4.78, 5) is 37.6. The maximum atomic E-state index is 14.1. The summed E-state index contributed by atoms with van der Waals surface area (Å²) in [5, 5.41) is 3.08. The molecule has 4 aromatic rings. The molecule has 4 aliphatic heterocycles. The van der Waals surface area contributed by atoms with E-state index in [0.29, 0.717) is 48.9 Å². The van der Waals surface area contributed by atoms with Gasteiger partial charge in [-0.15, -0.1) is 4.91 Å². The first-order chi connectivity index (χ1) is 31.0. The molecule has 6 aliphatic rings. The van der Waals surface area contributed by atoms with Crippen molar-refractivity contribution in [2.24, 2.45) is 10.6 Å². The molecule has 10 rings (SSSR count). The molecule has 1 aromatic heterocycles. The van der Waals surface area contributed by atoms with Crippen molar-refractivity contribution in [3.05, 3.63) is 106 Å². The molecule has 1 unspecified atom stereocenters. The number of allylic oxidation sites excluding steroid dienone is 1. The summed E-state index contributed by atoms with van der Waals surface area (Å²) in [5.74, 6) is 0.353. The van der Waals surface area contributed by atoms with Gasteiger partial charge in [-0.05, 0) is 103 Å². The number of fused-ring (bicyclic) bond motifs is 2. The van der Waals surface area contributed by atoms with Gasteiger partial charge in [0.1, 0.15) is 24.2 Å². The minimum atomic E-state index is -4.53. The van der Waals surface area contributed by atoms with Crippen LogP contribution in [0, 0.1) is 10.3 Å². The van der Waals surface area contributed by atoms with Gasteiger partial charge in [-0.25, -0.2) is 13.1 Å². The second-order valence-corrected chi connectivity index (χ2v) is 20.3. The van der Waals surface area contributed by atoms with Gasteiger partial charge in [-0.1, -0.05) is 50.3 Å². The Morgan fingerprint density at radius 2 is 1.83 bits per heavy atom. The molecular weight excluding hydrogens is 833 g/mol. The molecule has 4 fully saturated rings. The number of piperidine rings is 1. The maximum absolute atomic E-state index is 14.1. The minimum Gasteiger partial charge on any atom is -0.486 e. The van der Waals surface area contributed by atoms with Crippen molar-refractivity contribution in [3.63, 3.8) is 0 Å². The first-order valence-corrected chi connectivity index (χ1v) is 24.3. The smallest absolute Gasteiger partial charge is 0.268 e. The topological polar surface area (TPSA) is 152 Å². The molecule has 0 radical (unpaired) electrons. The zero-order valence-electron chi connectivity index (χ0n) is 36.5. The van der Waals surface area contributed by atoms with Crippen molar-refractivity contribution >= 4 is 33.4 Å². The number of carbonyl (C=O) groups excluding carboxylic acids is 1. The summed E-state index contributed by atoms with van der Waals surface area (Å²) in [5.41, 5.74) is 5.83. The lowest BCUT2D eigenvalue weighted by Gasteiger charge is -2.56. The van der Waals surface area contributed by atoms with Gasteiger partial charge >= 0.3 is 0 Å². The highest BCUT2D eigenvalue weighted by molar-refractivity contribution is 7.90. The molecule has 1 N–H and O–H groups in total. The number of carbonyl (C=O) groups is 1. The third-order valence-electron chi connectivity index (χ3n) is 14.2. The number of morpholine rings is 1. The van der Waals surface area contributed by atoms with Crippen LogP contribution in [-0.2, 0) is 21.2 Å². The van der Waals surface area contributed by atoms with Crippen LogP contribution in [0.3, 0.4) is 0 Å². The van der Waals surface area contributed by atoms with Crippen molar-refractivity contribution < 1.29 is 32.2 Å². The van der Waals surface area contributed by atoms with E-state index in [9.17, 15) is 18.1 Å². The number of nitroso groups, excluding NO2 is 1. The molecule has 3 saturated heterocycles. The number of nitrogens with one attached hydrogen (secondary N) is 1. The van der Waals surface area contributed by atoms with Crippen LogP contribution in [0.25, 0.3) is 6.08 Å². The van der Waals surface area contributed by atoms with Gasteiger partial charge in [-0.3, -0.25) is 19.6 Å². The molecule has 64 heavy (non-hydrogen) atoms. The van der Waals surface area contributed by atoms with Gasteiger partial charge < -0.3 is 23.8 Å². The predicted molar refractivity (Wildman–Crippen MR) is 243 cm³/mol. The monoisotopic (exact) mass is 888 g/mol. The largest absolute Gasteiger partial charge is 0.486 e. The Kier molecular flexibility index (Phi) is 11.7. The molecule has 15 heteroatoms. The Morgan fingerprint density at radius 1 is 1.02 bits per heavy atom. The van der Waals surface area contributed by atoms with Crippen molar-refractivity contribution in [3.8, 4) is 23.0 Å². The minimum absolute atomic E-state index is 0.0233. The third-order valence-corrected chi connectivity index (χ3v) is 15.5. The molecule has 2 aliphatic carbocycles. The van der Waals surface area contributed by atoms with Crippen LogP contribution >= 0.6 is 0 Å². The summed E-state index contributed by atoms with van der Waals surface area (Å²) >= 11 is 0. The van der Waals surface area contributed by atoms with E-state index in [4.69, 9.17) is 18.9 Å². The number of hydrogen-bond acceptors (Lipinski definition) is 13. The molecule has 1 spiro atoms. The molecule has 2 atom stereocenters. The van der Waals surface area contributed by atoms with E-state index in [-0.39, 0.29) is 40.0 Å². The molecule has 1 saturated carbocycles. The number of likely N-dealkylation sites (tertiary alicyclic amines) is 1. The number of nitrogens with zero attached hydrogens (tertiary/aromatic N) is 5. The van der Waals surface area contributed by atoms with Gasteiger partial charge in [0, 0.05) is 69.0 Å². The number of aromatic nitrogens is 1. The first-order valence-electron chi connectivity index (χ1n) is 22.8. The van der Waals surface area contributed by atoms with Gasteiger partial charge in [-0.2, -0.15) is 0 Å². The highest BCUT2D eigenvalue weighted by Gasteiger charge is 2.50. The Bertz CT molecular complexity index is 2560. The van der Waals surface area contributed by atoms with Crippen LogP contribution in [0.5, 0.6) is 23.0 Å². The molecule has 336 valence electrons. The van der Waals surface area contributed by atoms with E-state index in [2.05, 4.69) is 67.7 Å². The quantitative estimate of drug-likeness (QED) is 0.137. The number of ether oxygens (including phenoxy) is 4. The van der Waals surface area contributed by atoms with Gasteiger partial charge in [0.05, 0.1) is 35.6 Å². The van der Waals surface area contributed by atoms with Crippen molar-refractivity contribution in [2.75, 3.05) is 64.0 Å². The molecule has 5 heterocycles. The standard InChI is InChI=1S/C49H56N6O8S/c1-32(2)39-8-3-4-9-40(39)44-11-6-16-55(44)35-27-49(28-35)14-17-54(18-15-49)34-12-13-41(45(24-34)62-36-23-33-7-5-10-42(33)50-29-36)48(56)52-64(58,59)38-25-43(51-57)47-46(26-38)61-31-37(63-47)30-53-19-21-60-22-20-53/h3-5,7-9,12-13,23-26,29,32,35,37,44H,6,10-11,14-22,27-28,30-31H2,1-2H3,(H,52,56)/t37-,44?/m1/s1. The molecular formula is C49H56N6O8S. The van der Waals surface area contributed by atoms with Crippen LogP contribution in [-0.4, -0.2) is 100 Å². The van der Waals surface area contributed by atoms with Crippen molar-refractivity contribution in [1.82, 2.24) is 19.5 Å². The first kappa shape index (κ1) is 42.6. The summed E-state index contributed by atoms with van der Waals surface area (Å²) in [6.45, 7) is 10.9. The van der Waals surface area contributed by atoms with Crippen LogP contribution in [0.2, 0.25) is 0 Å². The normalized spacial score (nSPS) is 22.1. The highest BCUT2D eigenvalue weighted by Crippen LogP contribution is 2.54. The SMILES string of the molecule is CC(C)c1ccccc1C1CCCN1C1CC2(CCN(c3ccc(C(=O)NS(=O)(=O)c4cc(N=O)c5c(c4)OC[C@@H](CN4CCOCC4)O5)c(Oc4cnc5c(c4)C=CC5)c3)CC2)C1. The Balaban J connectivity index is 0.843. The predicted octanol–water partition coefficient (Wildman–Crippen LogP) is 8.14.